The molecule has 7 heteroatoms. The number of rotatable bonds is 5. The second kappa shape index (κ2) is 6.73. The molecule has 2 amide bonds. The average molecular weight is 259 g/mol. The number of nitrogens with one attached hydrogen (secondary N) is 1. The molecule has 1 aromatic heterocycles. The number of halogens is 2. The molecule has 0 fully saturated rings. The van der Waals surface area contributed by atoms with Gasteiger partial charge in [-0.2, -0.15) is 8.78 Å². The smallest absolute Gasteiger partial charge is 0.387 e. The van der Waals surface area contributed by atoms with Crippen molar-refractivity contribution in [3.05, 3.63) is 18.3 Å². The van der Waals surface area contributed by atoms with Crippen LogP contribution >= 0.6 is 0 Å². The third-order valence-electron chi connectivity index (χ3n) is 2.25. The lowest BCUT2D eigenvalue weighted by atomic mass is 10.4. The maximum absolute atomic E-state index is 11.9. The van der Waals surface area contributed by atoms with Crippen LogP contribution in [0.3, 0.4) is 0 Å². The second-order valence-corrected chi connectivity index (χ2v) is 3.36. The standard InChI is InChI=1S/C11H15F2N3O2/c1-3-16(4-2)11(17)15-9-6-5-8(7-14-9)18-10(12)13/h5-7,10H,3-4H2,1-2H3,(H,14,15,17). The number of carbonyl (C=O) groups is 1. The Labute approximate surface area is 104 Å². The van der Waals surface area contributed by atoms with Gasteiger partial charge in [-0.1, -0.05) is 0 Å². The number of urea groups is 1. The number of ether oxygens (including phenoxy) is 1. The van der Waals surface area contributed by atoms with E-state index in [2.05, 4.69) is 15.0 Å². The predicted octanol–water partition coefficient (Wildman–Crippen LogP) is 2.56. The van der Waals surface area contributed by atoms with E-state index < -0.39 is 6.61 Å². The lowest BCUT2D eigenvalue weighted by Gasteiger charge is -2.18. The number of hydrogen-bond donors (Lipinski definition) is 1. The molecule has 0 atom stereocenters. The van der Waals surface area contributed by atoms with Crippen molar-refractivity contribution in [2.45, 2.75) is 20.5 Å². The van der Waals surface area contributed by atoms with Gasteiger partial charge in [0.05, 0.1) is 6.20 Å². The molecule has 5 nitrogen and oxygen atoms in total. The molecule has 0 radical (unpaired) electrons. The lowest BCUT2D eigenvalue weighted by Crippen LogP contribution is -2.34. The minimum Gasteiger partial charge on any atom is -0.433 e. The molecule has 0 saturated carbocycles. The van der Waals surface area contributed by atoms with Gasteiger partial charge < -0.3 is 9.64 Å². The topological polar surface area (TPSA) is 54.5 Å². The first-order valence-electron chi connectivity index (χ1n) is 5.53. The Kier molecular flexibility index (Phi) is 5.29. The van der Waals surface area contributed by atoms with Gasteiger partial charge in [0.15, 0.2) is 0 Å². The first kappa shape index (κ1) is 14.1. The third kappa shape index (κ3) is 4.15. The SMILES string of the molecule is CCN(CC)C(=O)Nc1ccc(OC(F)F)cn1. The monoisotopic (exact) mass is 259 g/mol. The van der Waals surface area contributed by atoms with Crippen LogP contribution in [0.1, 0.15) is 13.8 Å². The minimum absolute atomic E-state index is 0.0501. The molecular weight excluding hydrogens is 244 g/mol. The summed E-state index contributed by atoms with van der Waals surface area (Å²) in [5.41, 5.74) is 0. The number of amides is 2. The fraction of sp³-hybridized carbons (Fsp3) is 0.455. The molecule has 0 aliphatic carbocycles. The zero-order valence-corrected chi connectivity index (χ0v) is 10.2. The average Bonchev–Trinajstić information content (AvgIpc) is 2.32. The van der Waals surface area contributed by atoms with E-state index in [1.54, 1.807) is 4.90 Å². The number of hydrogen-bond acceptors (Lipinski definition) is 3. The second-order valence-electron chi connectivity index (χ2n) is 3.36. The van der Waals surface area contributed by atoms with Gasteiger partial charge in [0.25, 0.3) is 0 Å². The first-order chi connectivity index (χ1) is 8.56. The number of pyridine rings is 1. The molecule has 1 heterocycles. The van der Waals surface area contributed by atoms with Gasteiger partial charge in [-0.05, 0) is 26.0 Å². The molecule has 0 aromatic carbocycles. The van der Waals surface area contributed by atoms with E-state index in [0.717, 1.165) is 6.20 Å². The van der Waals surface area contributed by atoms with Crippen LogP contribution in [0.25, 0.3) is 0 Å². The summed E-state index contributed by atoms with van der Waals surface area (Å²) in [4.78, 5) is 17.0. The third-order valence-corrected chi connectivity index (χ3v) is 2.25. The highest BCUT2D eigenvalue weighted by Gasteiger charge is 2.10. The van der Waals surface area contributed by atoms with E-state index in [1.807, 2.05) is 13.8 Å². The van der Waals surface area contributed by atoms with Gasteiger partial charge in [-0.3, -0.25) is 5.32 Å². The van der Waals surface area contributed by atoms with E-state index in [0.29, 0.717) is 13.1 Å². The van der Waals surface area contributed by atoms with Crippen LogP contribution in [0.4, 0.5) is 19.4 Å². The van der Waals surface area contributed by atoms with Crippen molar-refractivity contribution in [2.24, 2.45) is 0 Å². The number of nitrogens with zero attached hydrogens (tertiary/aromatic N) is 2. The largest absolute Gasteiger partial charge is 0.433 e. The molecular formula is C11H15F2N3O2. The lowest BCUT2D eigenvalue weighted by molar-refractivity contribution is -0.0500. The summed E-state index contributed by atoms with van der Waals surface area (Å²) in [6.07, 6.45) is 1.13. The van der Waals surface area contributed by atoms with Crippen molar-refractivity contribution < 1.29 is 18.3 Å². The van der Waals surface area contributed by atoms with Gasteiger partial charge in [-0.25, -0.2) is 9.78 Å². The highest BCUT2D eigenvalue weighted by atomic mass is 19.3. The van der Waals surface area contributed by atoms with E-state index in [1.165, 1.54) is 12.1 Å². The normalized spacial score (nSPS) is 10.3. The van der Waals surface area contributed by atoms with Gasteiger partial charge in [0, 0.05) is 13.1 Å². The first-order valence-corrected chi connectivity index (χ1v) is 5.53. The van der Waals surface area contributed by atoms with Gasteiger partial charge in [0.1, 0.15) is 11.6 Å². The van der Waals surface area contributed by atoms with Crippen molar-refractivity contribution in [1.29, 1.82) is 0 Å². The predicted molar refractivity (Wildman–Crippen MR) is 62.8 cm³/mol. The Hall–Kier alpha value is -1.92. The zero-order chi connectivity index (χ0) is 13.5. The van der Waals surface area contributed by atoms with Crippen molar-refractivity contribution in [3.8, 4) is 5.75 Å². The van der Waals surface area contributed by atoms with E-state index in [9.17, 15) is 13.6 Å². The van der Waals surface area contributed by atoms with Crippen molar-refractivity contribution in [2.75, 3.05) is 18.4 Å². The van der Waals surface area contributed by atoms with Crippen LogP contribution in [-0.2, 0) is 0 Å². The number of anilines is 1. The molecule has 1 aromatic rings. The van der Waals surface area contributed by atoms with Crippen LogP contribution in [0.5, 0.6) is 5.75 Å². The highest BCUT2D eigenvalue weighted by molar-refractivity contribution is 5.88. The van der Waals surface area contributed by atoms with Crippen molar-refractivity contribution in [1.82, 2.24) is 9.88 Å². The summed E-state index contributed by atoms with van der Waals surface area (Å²) in [5, 5.41) is 2.56. The zero-order valence-electron chi connectivity index (χ0n) is 10.2. The summed E-state index contributed by atoms with van der Waals surface area (Å²) in [6, 6.07) is 2.44. The van der Waals surface area contributed by atoms with Gasteiger partial charge in [0.2, 0.25) is 0 Å². The highest BCUT2D eigenvalue weighted by Crippen LogP contribution is 2.14. The van der Waals surface area contributed by atoms with Gasteiger partial charge in [-0.15, -0.1) is 0 Å². The Morgan fingerprint density at radius 3 is 2.56 bits per heavy atom. The molecule has 0 spiro atoms. The molecule has 0 unspecified atom stereocenters. The summed E-state index contributed by atoms with van der Waals surface area (Å²) in [7, 11) is 0. The number of carbonyl (C=O) groups excluding carboxylic acids is 1. The van der Waals surface area contributed by atoms with Crippen LogP contribution in [0.2, 0.25) is 0 Å². The quantitative estimate of drug-likeness (QED) is 0.884. The van der Waals surface area contributed by atoms with E-state index in [4.69, 9.17) is 0 Å². The fourth-order valence-electron chi connectivity index (χ4n) is 1.33. The van der Waals surface area contributed by atoms with Crippen LogP contribution in [-0.4, -0.2) is 35.6 Å². The summed E-state index contributed by atoms with van der Waals surface area (Å²) in [5.74, 6) is 0.236. The minimum atomic E-state index is -2.89. The molecule has 0 aliphatic heterocycles. The maximum Gasteiger partial charge on any atom is 0.387 e. The maximum atomic E-state index is 11.9. The summed E-state index contributed by atoms with van der Waals surface area (Å²) in [6.45, 7) is 1.98. The number of alkyl halides is 2. The Bertz CT molecular complexity index is 380. The number of aromatic nitrogens is 1. The van der Waals surface area contributed by atoms with Crippen LogP contribution in [0.15, 0.2) is 18.3 Å². The fourth-order valence-corrected chi connectivity index (χ4v) is 1.33. The summed E-state index contributed by atoms with van der Waals surface area (Å²) < 4.78 is 27.9. The molecule has 18 heavy (non-hydrogen) atoms. The summed E-state index contributed by atoms with van der Waals surface area (Å²) >= 11 is 0. The van der Waals surface area contributed by atoms with Crippen LogP contribution < -0.4 is 10.1 Å². The van der Waals surface area contributed by atoms with E-state index in [-0.39, 0.29) is 17.6 Å². The van der Waals surface area contributed by atoms with E-state index >= 15 is 0 Å². The molecule has 0 aliphatic rings. The van der Waals surface area contributed by atoms with Crippen molar-refractivity contribution >= 4 is 11.8 Å². The van der Waals surface area contributed by atoms with Gasteiger partial charge >= 0.3 is 12.6 Å². The molecule has 100 valence electrons. The molecule has 0 saturated heterocycles. The Morgan fingerprint density at radius 1 is 1.44 bits per heavy atom. The molecule has 1 rings (SSSR count). The Balaban J connectivity index is 2.60. The Morgan fingerprint density at radius 2 is 2.11 bits per heavy atom. The molecule has 1 N–H and O–H groups in total. The van der Waals surface area contributed by atoms with Crippen LogP contribution in [0, 0.1) is 0 Å². The van der Waals surface area contributed by atoms with Crippen molar-refractivity contribution in [3.63, 3.8) is 0 Å². The molecule has 0 bridgehead atoms.